The van der Waals surface area contributed by atoms with Gasteiger partial charge in [-0.2, -0.15) is 0 Å². The Morgan fingerprint density at radius 3 is 2.71 bits per heavy atom. The molecule has 0 aliphatic heterocycles. The monoisotopic (exact) mass is 233 g/mol. The van der Waals surface area contributed by atoms with Crippen LogP contribution in [-0.2, 0) is 4.79 Å². The molecule has 1 fully saturated rings. The molecule has 0 radical (unpaired) electrons. The highest BCUT2D eigenvalue weighted by atomic mass is 16.2. The summed E-state index contributed by atoms with van der Waals surface area (Å²) in [6.45, 7) is 0.399. The fraction of sp³-hybridized carbons (Fsp3) is 0.462. The number of benzene rings is 1. The summed E-state index contributed by atoms with van der Waals surface area (Å²) < 4.78 is 0. The molecule has 0 spiro atoms. The van der Waals surface area contributed by atoms with Gasteiger partial charge in [0.1, 0.15) is 0 Å². The molecule has 0 heterocycles. The molecule has 1 aliphatic rings. The van der Waals surface area contributed by atoms with Crippen LogP contribution >= 0.6 is 0 Å². The number of carbonyl (C=O) groups excluding carboxylic acids is 1. The molecule has 0 bridgehead atoms. The number of nitrogens with zero attached hydrogens (tertiary/aromatic N) is 2. The smallest absolute Gasteiger partial charge is 0.242 e. The summed E-state index contributed by atoms with van der Waals surface area (Å²) in [6.07, 6.45) is 2.29. The third-order valence-corrected chi connectivity index (χ3v) is 3.17. The molecule has 0 unspecified atom stereocenters. The van der Waals surface area contributed by atoms with Gasteiger partial charge in [-0.25, -0.2) is 0 Å². The molecular formula is C13H19N3O. The summed E-state index contributed by atoms with van der Waals surface area (Å²) in [5.41, 5.74) is 7.42. The zero-order chi connectivity index (χ0) is 12.4. The molecular weight excluding hydrogens is 214 g/mol. The lowest BCUT2D eigenvalue weighted by atomic mass is 10.2. The topological polar surface area (TPSA) is 49.6 Å². The van der Waals surface area contributed by atoms with Crippen LogP contribution in [0.4, 0.5) is 11.4 Å². The molecule has 4 heteroatoms. The van der Waals surface area contributed by atoms with E-state index in [1.165, 1.54) is 0 Å². The first kappa shape index (κ1) is 11.8. The van der Waals surface area contributed by atoms with Gasteiger partial charge in [0.15, 0.2) is 0 Å². The Morgan fingerprint density at radius 2 is 2.12 bits per heavy atom. The number of nitrogen functional groups attached to an aromatic ring is 1. The van der Waals surface area contributed by atoms with Crippen molar-refractivity contribution < 1.29 is 4.79 Å². The zero-order valence-electron chi connectivity index (χ0n) is 10.4. The fourth-order valence-electron chi connectivity index (χ4n) is 1.83. The van der Waals surface area contributed by atoms with E-state index in [1.54, 1.807) is 0 Å². The summed E-state index contributed by atoms with van der Waals surface area (Å²) >= 11 is 0. The Labute approximate surface area is 102 Å². The lowest BCUT2D eigenvalue weighted by Crippen LogP contribution is -2.37. The van der Waals surface area contributed by atoms with E-state index >= 15 is 0 Å². The largest absolute Gasteiger partial charge is 0.399 e. The maximum absolute atomic E-state index is 11.9. The van der Waals surface area contributed by atoms with Gasteiger partial charge >= 0.3 is 0 Å². The maximum Gasteiger partial charge on any atom is 0.242 e. The fourth-order valence-corrected chi connectivity index (χ4v) is 1.83. The van der Waals surface area contributed by atoms with Crippen molar-refractivity contribution in [2.75, 3.05) is 31.3 Å². The van der Waals surface area contributed by atoms with Gasteiger partial charge in [0.25, 0.3) is 0 Å². The number of likely N-dealkylation sites (N-methyl/N-ethyl adjacent to an activating group) is 2. The van der Waals surface area contributed by atoms with E-state index in [0.29, 0.717) is 12.6 Å². The van der Waals surface area contributed by atoms with Crippen molar-refractivity contribution in [1.29, 1.82) is 0 Å². The van der Waals surface area contributed by atoms with E-state index in [-0.39, 0.29) is 5.91 Å². The number of amides is 1. The summed E-state index contributed by atoms with van der Waals surface area (Å²) in [5.74, 6) is 0.164. The Bertz CT molecular complexity index is 415. The minimum Gasteiger partial charge on any atom is -0.399 e. The second-order valence-electron chi connectivity index (χ2n) is 4.69. The Balaban J connectivity index is 1.96. The molecule has 0 aromatic heterocycles. The van der Waals surface area contributed by atoms with Crippen LogP contribution < -0.4 is 10.6 Å². The Morgan fingerprint density at radius 1 is 1.41 bits per heavy atom. The predicted molar refractivity (Wildman–Crippen MR) is 69.9 cm³/mol. The van der Waals surface area contributed by atoms with Gasteiger partial charge in [-0.1, -0.05) is 6.07 Å². The number of rotatable bonds is 4. The van der Waals surface area contributed by atoms with E-state index in [4.69, 9.17) is 5.73 Å². The van der Waals surface area contributed by atoms with Crippen LogP contribution in [-0.4, -0.2) is 37.5 Å². The zero-order valence-corrected chi connectivity index (χ0v) is 10.4. The lowest BCUT2D eigenvalue weighted by Gasteiger charge is -2.23. The van der Waals surface area contributed by atoms with Gasteiger partial charge in [-0.3, -0.25) is 4.79 Å². The quantitative estimate of drug-likeness (QED) is 0.798. The molecule has 0 atom stereocenters. The summed E-state index contributed by atoms with van der Waals surface area (Å²) in [5, 5.41) is 0. The van der Waals surface area contributed by atoms with Crippen LogP contribution in [0.5, 0.6) is 0 Å². The molecule has 1 aromatic carbocycles. The van der Waals surface area contributed by atoms with E-state index in [1.807, 2.05) is 48.2 Å². The Hall–Kier alpha value is -1.71. The molecule has 92 valence electrons. The SMILES string of the molecule is CN(CC(=O)N(C)C1CC1)c1cccc(N)c1. The van der Waals surface area contributed by atoms with E-state index in [2.05, 4.69) is 0 Å². The van der Waals surface area contributed by atoms with Gasteiger partial charge in [-0.15, -0.1) is 0 Å². The van der Waals surface area contributed by atoms with E-state index in [9.17, 15) is 4.79 Å². The highest BCUT2D eigenvalue weighted by Gasteiger charge is 2.29. The Kier molecular flexibility index (Phi) is 3.22. The first-order valence-corrected chi connectivity index (χ1v) is 5.90. The molecule has 1 amide bonds. The second kappa shape index (κ2) is 4.65. The van der Waals surface area contributed by atoms with Crippen LogP contribution in [0.2, 0.25) is 0 Å². The van der Waals surface area contributed by atoms with E-state index in [0.717, 1.165) is 24.2 Å². The van der Waals surface area contributed by atoms with Gasteiger partial charge in [-0.05, 0) is 31.0 Å². The standard InChI is InChI=1S/C13H19N3O/c1-15(12-5-3-4-10(14)8-12)9-13(17)16(2)11-6-7-11/h3-5,8,11H,6-7,9,14H2,1-2H3. The van der Waals surface area contributed by atoms with Crippen LogP contribution in [0.3, 0.4) is 0 Å². The molecule has 4 nitrogen and oxygen atoms in total. The van der Waals surface area contributed by atoms with Gasteiger partial charge < -0.3 is 15.5 Å². The van der Waals surface area contributed by atoms with Crippen molar-refractivity contribution in [3.8, 4) is 0 Å². The average Bonchev–Trinajstić information content (AvgIpc) is 3.11. The average molecular weight is 233 g/mol. The highest BCUT2D eigenvalue weighted by Crippen LogP contribution is 2.25. The summed E-state index contributed by atoms with van der Waals surface area (Å²) in [4.78, 5) is 15.7. The maximum atomic E-state index is 11.9. The lowest BCUT2D eigenvalue weighted by molar-refractivity contribution is -0.128. The molecule has 0 saturated heterocycles. The van der Waals surface area contributed by atoms with Crippen molar-refractivity contribution in [1.82, 2.24) is 4.90 Å². The summed E-state index contributed by atoms with van der Waals surface area (Å²) in [6, 6.07) is 8.05. The number of nitrogens with two attached hydrogens (primary N) is 1. The minimum absolute atomic E-state index is 0.164. The van der Waals surface area contributed by atoms with Crippen molar-refractivity contribution in [2.45, 2.75) is 18.9 Å². The number of carbonyl (C=O) groups is 1. The third-order valence-electron chi connectivity index (χ3n) is 3.17. The molecule has 17 heavy (non-hydrogen) atoms. The van der Waals surface area contributed by atoms with Gasteiger partial charge in [0, 0.05) is 31.5 Å². The predicted octanol–water partition coefficient (Wildman–Crippen LogP) is 1.33. The first-order chi connectivity index (χ1) is 8.08. The van der Waals surface area contributed by atoms with Crippen molar-refractivity contribution in [3.63, 3.8) is 0 Å². The number of anilines is 2. The summed E-state index contributed by atoms with van der Waals surface area (Å²) in [7, 11) is 3.79. The number of hydrogen-bond donors (Lipinski definition) is 1. The van der Waals surface area contributed by atoms with Crippen LogP contribution in [0, 0.1) is 0 Å². The third kappa shape index (κ3) is 2.90. The highest BCUT2D eigenvalue weighted by molar-refractivity contribution is 5.81. The normalized spacial score (nSPS) is 14.5. The molecule has 2 N–H and O–H groups in total. The van der Waals surface area contributed by atoms with Crippen LogP contribution in [0.25, 0.3) is 0 Å². The molecule has 1 aliphatic carbocycles. The van der Waals surface area contributed by atoms with Crippen LogP contribution in [0.15, 0.2) is 24.3 Å². The number of hydrogen-bond acceptors (Lipinski definition) is 3. The van der Waals surface area contributed by atoms with Gasteiger partial charge in [0.2, 0.25) is 5.91 Å². The first-order valence-electron chi connectivity index (χ1n) is 5.90. The second-order valence-corrected chi connectivity index (χ2v) is 4.69. The molecule has 1 saturated carbocycles. The van der Waals surface area contributed by atoms with Crippen molar-refractivity contribution >= 4 is 17.3 Å². The van der Waals surface area contributed by atoms with E-state index < -0.39 is 0 Å². The molecule has 2 rings (SSSR count). The van der Waals surface area contributed by atoms with Crippen molar-refractivity contribution in [3.05, 3.63) is 24.3 Å². The minimum atomic E-state index is 0.164. The van der Waals surface area contributed by atoms with Gasteiger partial charge in [0.05, 0.1) is 6.54 Å². The van der Waals surface area contributed by atoms with Crippen LogP contribution in [0.1, 0.15) is 12.8 Å². The molecule has 1 aromatic rings. The van der Waals surface area contributed by atoms with Crippen molar-refractivity contribution in [2.24, 2.45) is 0 Å².